The highest BCUT2D eigenvalue weighted by atomic mass is 19.1. The lowest BCUT2D eigenvalue weighted by Gasteiger charge is -2.25. The van der Waals surface area contributed by atoms with E-state index in [0.717, 1.165) is 19.5 Å². The molecule has 64 valence electrons. The third-order valence-corrected chi connectivity index (χ3v) is 2.46. The second-order valence-electron chi connectivity index (χ2n) is 3.46. The lowest BCUT2D eigenvalue weighted by atomic mass is 9.87. The summed E-state index contributed by atoms with van der Waals surface area (Å²) in [5, 5.41) is 3.16. The largest absolute Gasteiger partial charge is 0.316 e. The molecule has 1 N–H and O–H groups in total. The summed E-state index contributed by atoms with van der Waals surface area (Å²) in [7, 11) is 0. The number of halogens is 1. The third-order valence-electron chi connectivity index (χ3n) is 2.46. The fourth-order valence-electron chi connectivity index (χ4n) is 1.62. The van der Waals surface area contributed by atoms with Crippen molar-refractivity contribution in [2.45, 2.75) is 25.4 Å². The predicted octanol–water partition coefficient (Wildman–Crippen LogP) is 1.90. The molecule has 0 spiro atoms. The molecule has 1 rings (SSSR count). The maximum absolute atomic E-state index is 13.7. The van der Waals surface area contributed by atoms with Crippen LogP contribution in [0.15, 0.2) is 12.7 Å². The van der Waals surface area contributed by atoms with Gasteiger partial charge in [0.2, 0.25) is 0 Å². The molecule has 2 unspecified atom stereocenters. The van der Waals surface area contributed by atoms with Crippen LogP contribution in [-0.4, -0.2) is 18.8 Å². The van der Waals surface area contributed by atoms with Crippen LogP contribution in [0.4, 0.5) is 4.39 Å². The van der Waals surface area contributed by atoms with E-state index in [1.807, 2.05) is 0 Å². The molecular formula is C9H16FN. The first kappa shape index (κ1) is 8.72. The summed E-state index contributed by atoms with van der Waals surface area (Å²) in [5.74, 6) is 0.181. The summed E-state index contributed by atoms with van der Waals surface area (Å²) in [4.78, 5) is 0. The van der Waals surface area contributed by atoms with E-state index in [1.165, 1.54) is 0 Å². The van der Waals surface area contributed by atoms with Crippen molar-refractivity contribution < 1.29 is 4.39 Å². The molecule has 0 radical (unpaired) electrons. The summed E-state index contributed by atoms with van der Waals surface area (Å²) >= 11 is 0. The van der Waals surface area contributed by atoms with E-state index in [-0.39, 0.29) is 5.92 Å². The van der Waals surface area contributed by atoms with Crippen molar-refractivity contribution in [2.75, 3.05) is 13.1 Å². The van der Waals surface area contributed by atoms with Crippen LogP contribution in [0.1, 0.15) is 19.8 Å². The Morgan fingerprint density at radius 2 is 2.55 bits per heavy atom. The number of allylic oxidation sites excluding steroid dienone is 1. The second-order valence-corrected chi connectivity index (χ2v) is 3.46. The minimum absolute atomic E-state index is 0.181. The van der Waals surface area contributed by atoms with Crippen molar-refractivity contribution >= 4 is 0 Å². The first-order valence-corrected chi connectivity index (χ1v) is 4.17. The standard InChI is InChI=1S/C9H16FN/c1-3-5-9(2,10)8-4-6-11-7-8/h3,8,11H,1,4-7H2,2H3. The molecule has 0 aromatic carbocycles. The Bertz CT molecular complexity index is 136. The van der Waals surface area contributed by atoms with Crippen LogP contribution in [0.3, 0.4) is 0 Å². The number of alkyl halides is 1. The van der Waals surface area contributed by atoms with Crippen molar-refractivity contribution in [1.82, 2.24) is 5.32 Å². The molecule has 0 amide bonds. The molecular weight excluding hydrogens is 141 g/mol. The van der Waals surface area contributed by atoms with Crippen molar-refractivity contribution in [3.63, 3.8) is 0 Å². The number of rotatable bonds is 3. The molecule has 0 aliphatic carbocycles. The zero-order chi connectivity index (χ0) is 8.32. The topological polar surface area (TPSA) is 12.0 Å². The summed E-state index contributed by atoms with van der Waals surface area (Å²) in [6.07, 6.45) is 3.10. The Kier molecular flexibility index (Phi) is 2.66. The van der Waals surface area contributed by atoms with Crippen LogP contribution in [-0.2, 0) is 0 Å². The first-order valence-electron chi connectivity index (χ1n) is 4.17. The van der Waals surface area contributed by atoms with E-state index < -0.39 is 5.67 Å². The smallest absolute Gasteiger partial charge is 0.115 e. The van der Waals surface area contributed by atoms with Crippen LogP contribution < -0.4 is 5.32 Å². The van der Waals surface area contributed by atoms with Gasteiger partial charge >= 0.3 is 0 Å². The Morgan fingerprint density at radius 1 is 1.82 bits per heavy atom. The van der Waals surface area contributed by atoms with Crippen molar-refractivity contribution in [3.8, 4) is 0 Å². The van der Waals surface area contributed by atoms with Gasteiger partial charge in [-0.15, -0.1) is 6.58 Å². The minimum atomic E-state index is -1.05. The average Bonchev–Trinajstić information content (AvgIpc) is 2.37. The van der Waals surface area contributed by atoms with E-state index in [1.54, 1.807) is 13.0 Å². The van der Waals surface area contributed by atoms with E-state index in [4.69, 9.17) is 0 Å². The molecule has 1 heterocycles. The van der Waals surface area contributed by atoms with Gasteiger partial charge in [-0.25, -0.2) is 4.39 Å². The lowest BCUT2D eigenvalue weighted by Crippen LogP contribution is -2.30. The van der Waals surface area contributed by atoms with Gasteiger partial charge in [0.25, 0.3) is 0 Å². The molecule has 1 nitrogen and oxygen atoms in total. The van der Waals surface area contributed by atoms with Crippen LogP contribution in [0.5, 0.6) is 0 Å². The third kappa shape index (κ3) is 2.03. The fraction of sp³-hybridized carbons (Fsp3) is 0.778. The highest BCUT2D eigenvalue weighted by molar-refractivity contribution is 4.92. The molecule has 1 saturated heterocycles. The monoisotopic (exact) mass is 157 g/mol. The van der Waals surface area contributed by atoms with Gasteiger partial charge in [0.05, 0.1) is 0 Å². The van der Waals surface area contributed by atoms with E-state index in [2.05, 4.69) is 11.9 Å². The molecule has 11 heavy (non-hydrogen) atoms. The molecule has 2 heteroatoms. The van der Waals surface area contributed by atoms with Crippen molar-refractivity contribution in [1.29, 1.82) is 0 Å². The molecule has 0 aromatic rings. The first-order chi connectivity index (χ1) is 5.17. The van der Waals surface area contributed by atoms with E-state index in [9.17, 15) is 4.39 Å². The molecule has 0 aromatic heterocycles. The van der Waals surface area contributed by atoms with Gasteiger partial charge in [0.1, 0.15) is 5.67 Å². The normalized spacial score (nSPS) is 29.8. The van der Waals surface area contributed by atoms with Crippen LogP contribution >= 0.6 is 0 Å². The van der Waals surface area contributed by atoms with Crippen LogP contribution in [0, 0.1) is 5.92 Å². The summed E-state index contributed by atoms with van der Waals surface area (Å²) in [5.41, 5.74) is -1.05. The Balaban J connectivity index is 2.47. The SMILES string of the molecule is C=CCC(C)(F)C1CCNC1. The Hall–Kier alpha value is -0.370. The van der Waals surface area contributed by atoms with Gasteiger partial charge in [0.15, 0.2) is 0 Å². The van der Waals surface area contributed by atoms with Crippen LogP contribution in [0.2, 0.25) is 0 Å². The van der Waals surface area contributed by atoms with Gasteiger partial charge in [-0.05, 0) is 26.3 Å². The second kappa shape index (κ2) is 3.35. The van der Waals surface area contributed by atoms with E-state index in [0.29, 0.717) is 6.42 Å². The quantitative estimate of drug-likeness (QED) is 0.617. The van der Waals surface area contributed by atoms with Crippen molar-refractivity contribution in [3.05, 3.63) is 12.7 Å². The van der Waals surface area contributed by atoms with E-state index >= 15 is 0 Å². The zero-order valence-corrected chi connectivity index (χ0v) is 7.07. The average molecular weight is 157 g/mol. The molecule has 0 saturated carbocycles. The van der Waals surface area contributed by atoms with Gasteiger partial charge in [-0.2, -0.15) is 0 Å². The number of hydrogen-bond donors (Lipinski definition) is 1. The van der Waals surface area contributed by atoms with Gasteiger partial charge < -0.3 is 5.32 Å². The fourth-order valence-corrected chi connectivity index (χ4v) is 1.62. The molecule has 0 bridgehead atoms. The number of hydrogen-bond acceptors (Lipinski definition) is 1. The zero-order valence-electron chi connectivity index (χ0n) is 7.07. The summed E-state index contributed by atoms with van der Waals surface area (Å²) in [6, 6.07) is 0. The maximum atomic E-state index is 13.7. The highest BCUT2D eigenvalue weighted by Gasteiger charge is 2.34. The van der Waals surface area contributed by atoms with Gasteiger partial charge in [0, 0.05) is 12.5 Å². The maximum Gasteiger partial charge on any atom is 0.115 e. The summed E-state index contributed by atoms with van der Waals surface area (Å²) in [6.45, 7) is 7.01. The Labute approximate surface area is 67.7 Å². The lowest BCUT2D eigenvalue weighted by molar-refractivity contribution is 0.117. The molecule has 1 aliphatic rings. The Morgan fingerprint density at radius 3 is 3.00 bits per heavy atom. The van der Waals surface area contributed by atoms with Crippen LogP contribution in [0.25, 0.3) is 0 Å². The van der Waals surface area contributed by atoms with Gasteiger partial charge in [-0.1, -0.05) is 6.08 Å². The molecule has 2 atom stereocenters. The minimum Gasteiger partial charge on any atom is -0.316 e. The molecule has 1 fully saturated rings. The van der Waals surface area contributed by atoms with Crippen molar-refractivity contribution in [2.24, 2.45) is 5.92 Å². The summed E-state index contributed by atoms with van der Waals surface area (Å²) < 4.78 is 13.7. The predicted molar refractivity (Wildman–Crippen MR) is 45.3 cm³/mol. The molecule has 1 aliphatic heterocycles. The van der Waals surface area contributed by atoms with Gasteiger partial charge in [-0.3, -0.25) is 0 Å². The number of nitrogens with one attached hydrogen (secondary N) is 1. The highest BCUT2D eigenvalue weighted by Crippen LogP contribution is 2.30.